The Bertz CT molecular complexity index is 1340. The van der Waals surface area contributed by atoms with Gasteiger partial charge in [-0.2, -0.15) is 0 Å². The second kappa shape index (κ2) is 6.76. The van der Waals surface area contributed by atoms with Gasteiger partial charge in [0.05, 0.1) is 28.2 Å². The molecule has 8 nitrogen and oxygen atoms in total. The van der Waals surface area contributed by atoms with E-state index in [9.17, 15) is 23.5 Å². The molecule has 0 aliphatic carbocycles. The number of carbonyl (C=O) groups is 2. The lowest BCUT2D eigenvalue weighted by Gasteiger charge is -2.41. The lowest BCUT2D eigenvalue weighted by atomic mass is 9.75. The molecule has 0 radical (unpaired) electrons. The average molecular weight is 524 g/mol. The van der Waals surface area contributed by atoms with E-state index in [0.29, 0.717) is 29.2 Å². The van der Waals surface area contributed by atoms with Crippen molar-refractivity contribution in [1.29, 1.82) is 0 Å². The molecule has 0 saturated carbocycles. The van der Waals surface area contributed by atoms with Gasteiger partial charge in [-0.25, -0.2) is 4.90 Å². The molecule has 35 heavy (non-hydrogen) atoms. The van der Waals surface area contributed by atoms with Gasteiger partial charge in [-0.3, -0.25) is 14.5 Å². The number of amides is 2. The molecule has 5 atom stereocenters. The first-order valence-electron chi connectivity index (χ1n) is 11.1. The number of alkyl halides is 2. The van der Waals surface area contributed by atoms with E-state index in [0.717, 1.165) is 11.3 Å². The summed E-state index contributed by atoms with van der Waals surface area (Å²) < 4.78 is 36.8. The number of rotatable bonds is 1. The highest BCUT2D eigenvalue weighted by molar-refractivity contribution is 6.37. The van der Waals surface area contributed by atoms with Crippen molar-refractivity contribution in [3.63, 3.8) is 0 Å². The number of hydrogen-bond acceptors (Lipinski definition) is 7. The van der Waals surface area contributed by atoms with E-state index in [4.69, 9.17) is 23.2 Å². The lowest BCUT2D eigenvalue weighted by molar-refractivity contribution is -0.286. The zero-order valence-corrected chi connectivity index (χ0v) is 19.3. The number of imide groups is 1. The van der Waals surface area contributed by atoms with Crippen molar-refractivity contribution in [2.45, 2.75) is 36.9 Å². The fourth-order valence-electron chi connectivity index (χ4n) is 6.79. The molecule has 5 unspecified atom stereocenters. The lowest BCUT2D eigenvalue weighted by Crippen LogP contribution is -2.56. The SMILES string of the molecule is O=C1C2C3CCCN3C3(c4cc(Cl)cc(Cl)c4NC3O)C2C(=O)N1c1cccc2c1OC(F)(F)O2. The van der Waals surface area contributed by atoms with Crippen LogP contribution in [0.4, 0.5) is 20.2 Å². The van der Waals surface area contributed by atoms with Crippen molar-refractivity contribution < 1.29 is 33.0 Å². The third-order valence-corrected chi connectivity index (χ3v) is 8.36. The van der Waals surface area contributed by atoms with E-state index < -0.39 is 41.7 Å². The van der Waals surface area contributed by atoms with Crippen molar-refractivity contribution >= 4 is 46.4 Å². The number of halogens is 4. The Hall–Kier alpha value is -2.66. The first kappa shape index (κ1) is 21.6. The molecule has 3 saturated heterocycles. The average Bonchev–Trinajstić information content (AvgIpc) is 3.53. The number of carbonyl (C=O) groups excluding carboxylic acids is 2. The molecule has 1 spiro atoms. The zero-order valence-electron chi connectivity index (χ0n) is 17.8. The summed E-state index contributed by atoms with van der Waals surface area (Å²) >= 11 is 12.8. The number of aliphatic hydroxyl groups excluding tert-OH is 1. The van der Waals surface area contributed by atoms with Crippen molar-refractivity contribution in [3.05, 3.63) is 45.9 Å². The molecule has 182 valence electrons. The van der Waals surface area contributed by atoms with Gasteiger partial charge in [0, 0.05) is 16.6 Å². The molecular formula is C23H17Cl2F2N3O5. The van der Waals surface area contributed by atoms with Crippen LogP contribution in [-0.2, 0) is 15.1 Å². The number of nitrogens with zero attached hydrogens (tertiary/aromatic N) is 2. The number of anilines is 2. The van der Waals surface area contributed by atoms with Gasteiger partial charge >= 0.3 is 6.29 Å². The van der Waals surface area contributed by atoms with E-state index >= 15 is 0 Å². The Morgan fingerprint density at radius 1 is 1.14 bits per heavy atom. The summed E-state index contributed by atoms with van der Waals surface area (Å²) in [6.07, 6.45) is -3.78. The Kier molecular flexibility index (Phi) is 4.17. The number of nitrogens with one attached hydrogen (secondary N) is 1. The fraction of sp³-hybridized carbons (Fsp3) is 0.391. The number of benzene rings is 2. The highest BCUT2D eigenvalue weighted by Gasteiger charge is 2.74. The summed E-state index contributed by atoms with van der Waals surface area (Å²) in [6.45, 7) is 0.560. The third kappa shape index (κ3) is 2.53. The third-order valence-electron chi connectivity index (χ3n) is 7.85. The Labute approximate surface area is 207 Å². The van der Waals surface area contributed by atoms with Crippen LogP contribution >= 0.6 is 23.2 Å². The van der Waals surface area contributed by atoms with Crippen molar-refractivity contribution in [2.24, 2.45) is 11.8 Å². The summed E-state index contributed by atoms with van der Waals surface area (Å²) in [5.41, 5.74) is -0.440. The largest absolute Gasteiger partial charge is 0.586 e. The quantitative estimate of drug-likeness (QED) is 0.552. The standard InChI is InChI=1S/C23H17Cl2F2N3O5/c24-9-7-10-17(11(25)8-9)28-21(33)22(10)16-15(12-4-2-6-29(12)22)19(31)30(20(16)32)13-3-1-5-14-18(13)35-23(26,27)34-14/h1,3,5,7-8,12,15-16,21,28,33H,2,4,6H2. The number of ether oxygens (including phenoxy) is 2. The maximum Gasteiger partial charge on any atom is 0.586 e. The van der Waals surface area contributed by atoms with Crippen LogP contribution in [0.2, 0.25) is 10.0 Å². The maximum absolute atomic E-state index is 14.1. The van der Waals surface area contributed by atoms with Gasteiger partial charge in [-0.1, -0.05) is 29.3 Å². The monoisotopic (exact) mass is 523 g/mol. The molecule has 7 rings (SSSR count). The van der Waals surface area contributed by atoms with Crippen LogP contribution in [0.3, 0.4) is 0 Å². The molecule has 2 aromatic carbocycles. The minimum absolute atomic E-state index is 0.117. The van der Waals surface area contributed by atoms with Crippen molar-refractivity contribution in [2.75, 3.05) is 16.8 Å². The van der Waals surface area contributed by atoms with Crippen molar-refractivity contribution in [3.8, 4) is 11.5 Å². The van der Waals surface area contributed by atoms with Gasteiger partial charge in [0.15, 0.2) is 11.5 Å². The molecule has 5 heterocycles. The Morgan fingerprint density at radius 3 is 2.74 bits per heavy atom. The molecule has 5 aliphatic rings. The van der Waals surface area contributed by atoms with Gasteiger partial charge < -0.3 is 19.9 Å². The van der Waals surface area contributed by atoms with E-state index in [1.165, 1.54) is 24.3 Å². The molecular weight excluding hydrogens is 507 g/mol. The molecule has 2 N–H and O–H groups in total. The predicted molar refractivity (Wildman–Crippen MR) is 120 cm³/mol. The summed E-state index contributed by atoms with van der Waals surface area (Å²) in [5, 5.41) is 15.0. The fourth-order valence-corrected chi connectivity index (χ4v) is 7.34. The van der Waals surface area contributed by atoms with Gasteiger partial charge in [0.25, 0.3) is 0 Å². The number of para-hydroxylation sites is 1. The summed E-state index contributed by atoms with van der Waals surface area (Å²) in [4.78, 5) is 30.8. The van der Waals surface area contributed by atoms with Crippen LogP contribution in [0.25, 0.3) is 0 Å². The second-order valence-electron chi connectivity index (χ2n) is 9.37. The molecule has 0 aromatic heterocycles. The molecule has 2 amide bonds. The molecule has 2 aromatic rings. The van der Waals surface area contributed by atoms with Crippen molar-refractivity contribution in [1.82, 2.24) is 4.90 Å². The van der Waals surface area contributed by atoms with Crippen LogP contribution in [0.1, 0.15) is 18.4 Å². The van der Waals surface area contributed by atoms with Gasteiger partial charge in [-0.05, 0) is 43.7 Å². The van der Waals surface area contributed by atoms with Crippen LogP contribution < -0.4 is 19.7 Å². The Morgan fingerprint density at radius 2 is 1.94 bits per heavy atom. The maximum atomic E-state index is 14.1. The molecule has 0 bridgehead atoms. The number of aliphatic hydroxyl groups is 1. The minimum atomic E-state index is -3.92. The summed E-state index contributed by atoms with van der Waals surface area (Å²) in [7, 11) is 0. The Balaban J connectivity index is 1.42. The van der Waals surface area contributed by atoms with E-state index in [1.54, 1.807) is 6.07 Å². The first-order chi connectivity index (χ1) is 16.6. The second-order valence-corrected chi connectivity index (χ2v) is 10.2. The minimum Gasteiger partial charge on any atom is -0.395 e. The number of fused-ring (bicyclic) bond motifs is 8. The van der Waals surface area contributed by atoms with Gasteiger partial charge in [0.2, 0.25) is 11.8 Å². The van der Waals surface area contributed by atoms with E-state index in [2.05, 4.69) is 14.8 Å². The van der Waals surface area contributed by atoms with E-state index in [-0.39, 0.29) is 28.3 Å². The number of hydrogen-bond donors (Lipinski definition) is 2. The molecule has 3 fully saturated rings. The molecule has 12 heteroatoms. The smallest absolute Gasteiger partial charge is 0.395 e. The van der Waals surface area contributed by atoms with Crippen LogP contribution in [0, 0.1) is 11.8 Å². The summed E-state index contributed by atoms with van der Waals surface area (Å²) in [5.74, 6) is -3.61. The van der Waals surface area contributed by atoms with Crippen LogP contribution in [-0.4, -0.2) is 46.9 Å². The molecule has 5 aliphatic heterocycles. The highest BCUT2D eigenvalue weighted by atomic mass is 35.5. The van der Waals surface area contributed by atoms with Crippen LogP contribution in [0.5, 0.6) is 11.5 Å². The van der Waals surface area contributed by atoms with E-state index in [1.807, 2.05) is 4.90 Å². The first-order valence-corrected chi connectivity index (χ1v) is 11.9. The zero-order chi connectivity index (χ0) is 24.4. The topological polar surface area (TPSA) is 91.3 Å². The highest BCUT2D eigenvalue weighted by Crippen LogP contribution is 2.63. The van der Waals surface area contributed by atoms with Gasteiger partial charge in [-0.15, -0.1) is 8.78 Å². The van der Waals surface area contributed by atoms with Crippen LogP contribution in [0.15, 0.2) is 30.3 Å². The summed E-state index contributed by atoms with van der Waals surface area (Å²) in [6, 6.07) is 6.90. The predicted octanol–water partition coefficient (Wildman–Crippen LogP) is 3.54. The normalized spacial score (nSPS) is 33.9. The van der Waals surface area contributed by atoms with Gasteiger partial charge in [0.1, 0.15) is 11.8 Å².